The van der Waals surface area contributed by atoms with Crippen LogP contribution in [-0.4, -0.2) is 62.6 Å². The van der Waals surface area contributed by atoms with Crippen LogP contribution in [0.4, 0.5) is 0 Å². The summed E-state index contributed by atoms with van der Waals surface area (Å²) in [6.45, 7) is 13.7. The minimum absolute atomic E-state index is 0.250. The third-order valence-corrected chi connectivity index (χ3v) is 4.03. The van der Waals surface area contributed by atoms with Crippen molar-refractivity contribution in [2.45, 2.75) is 33.6 Å². The summed E-state index contributed by atoms with van der Waals surface area (Å²) in [6.07, 6.45) is 2.25. The monoisotopic (exact) mass is 272 g/mol. The molecule has 0 aromatic rings. The molecule has 0 unspecified atom stereocenters. The van der Waals surface area contributed by atoms with Gasteiger partial charge in [-0.25, -0.2) is 0 Å². The first kappa shape index (κ1) is 16.9. The lowest BCUT2D eigenvalue weighted by Crippen LogP contribution is -2.48. The summed E-state index contributed by atoms with van der Waals surface area (Å²) in [6, 6.07) is 0. The number of ether oxygens (including phenoxy) is 1. The predicted molar refractivity (Wildman–Crippen MR) is 79.4 cm³/mol. The third-order valence-electron chi connectivity index (χ3n) is 4.03. The molecule has 1 aliphatic heterocycles. The van der Waals surface area contributed by atoms with Crippen molar-refractivity contribution in [1.82, 2.24) is 10.2 Å². The largest absolute Gasteiger partial charge is 0.395 e. The first-order valence-corrected chi connectivity index (χ1v) is 7.73. The number of rotatable bonds is 9. The standard InChI is InChI=1S/C15H32N2O2/c1-4-17(7-8-18)13-15(5-9-19-10-6-15)12-16-11-14(2)3/h14,16,18H,4-13H2,1-3H3. The lowest BCUT2D eigenvalue weighted by molar-refractivity contribution is -0.00584. The van der Waals surface area contributed by atoms with Gasteiger partial charge in [-0.3, -0.25) is 0 Å². The maximum Gasteiger partial charge on any atom is 0.0558 e. The Labute approximate surface area is 118 Å². The molecule has 0 aromatic heterocycles. The van der Waals surface area contributed by atoms with Gasteiger partial charge in [-0.2, -0.15) is 0 Å². The van der Waals surface area contributed by atoms with Gasteiger partial charge in [0.05, 0.1) is 6.61 Å². The van der Waals surface area contributed by atoms with Crippen LogP contribution < -0.4 is 5.32 Å². The Morgan fingerprint density at radius 3 is 2.53 bits per heavy atom. The third kappa shape index (κ3) is 6.21. The lowest BCUT2D eigenvalue weighted by atomic mass is 9.79. The molecule has 1 heterocycles. The Morgan fingerprint density at radius 2 is 2.00 bits per heavy atom. The molecule has 0 aliphatic carbocycles. The van der Waals surface area contributed by atoms with Gasteiger partial charge in [0.2, 0.25) is 0 Å². The Balaban J connectivity index is 2.53. The summed E-state index contributed by atoms with van der Waals surface area (Å²) in [5.41, 5.74) is 0.318. The van der Waals surface area contributed by atoms with Crippen LogP contribution in [0.3, 0.4) is 0 Å². The van der Waals surface area contributed by atoms with Gasteiger partial charge in [0, 0.05) is 32.8 Å². The van der Waals surface area contributed by atoms with Gasteiger partial charge in [0.1, 0.15) is 0 Å². The average molecular weight is 272 g/mol. The van der Waals surface area contributed by atoms with Crippen molar-refractivity contribution in [2.75, 3.05) is 52.5 Å². The van der Waals surface area contributed by atoms with Gasteiger partial charge >= 0.3 is 0 Å². The van der Waals surface area contributed by atoms with Crippen LogP contribution in [0.2, 0.25) is 0 Å². The maximum absolute atomic E-state index is 9.15. The Hall–Kier alpha value is -0.160. The van der Waals surface area contributed by atoms with Gasteiger partial charge in [0.15, 0.2) is 0 Å². The molecule has 4 heteroatoms. The highest BCUT2D eigenvalue weighted by molar-refractivity contribution is 4.87. The first-order valence-electron chi connectivity index (χ1n) is 7.73. The lowest BCUT2D eigenvalue weighted by Gasteiger charge is -2.41. The molecule has 114 valence electrons. The molecule has 0 aromatic carbocycles. The van der Waals surface area contributed by atoms with Crippen LogP contribution in [0, 0.1) is 11.3 Å². The van der Waals surface area contributed by atoms with E-state index in [1.54, 1.807) is 0 Å². The number of hydrogen-bond acceptors (Lipinski definition) is 4. The summed E-state index contributed by atoms with van der Waals surface area (Å²) in [7, 11) is 0. The highest BCUT2D eigenvalue weighted by atomic mass is 16.5. The fourth-order valence-electron chi connectivity index (χ4n) is 2.79. The van der Waals surface area contributed by atoms with Crippen molar-refractivity contribution < 1.29 is 9.84 Å². The van der Waals surface area contributed by atoms with Crippen LogP contribution in [-0.2, 0) is 4.74 Å². The van der Waals surface area contributed by atoms with E-state index in [0.717, 1.165) is 58.8 Å². The zero-order valence-corrected chi connectivity index (χ0v) is 13.0. The molecule has 1 fully saturated rings. The molecule has 2 N–H and O–H groups in total. The predicted octanol–water partition coefficient (Wildman–Crippen LogP) is 1.34. The van der Waals surface area contributed by atoms with Gasteiger partial charge in [-0.1, -0.05) is 20.8 Å². The average Bonchev–Trinajstić information content (AvgIpc) is 2.39. The van der Waals surface area contributed by atoms with Crippen molar-refractivity contribution in [2.24, 2.45) is 11.3 Å². The van der Waals surface area contributed by atoms with E-state index in [9.17, 15) is 0 Å². The van der Waals surface area contributed by atoms with Gasteiger partial charge in [0.25, 0.3) is 0 Å². The SMILES string of the molecule is CCN(CCO)CC1(CNCC(C)C)CCOCC1. The quantitative estimate of drug-likeness (QED) is 0.665. The second-order valence-electron chi connectivity index (χ2n) is 6.23. The zero-order chi connectivity index (χ0) is 14.1. The number of nitrogens with one attached hydrogen (secondary N) is 1. The molecule has 0 saturated carbocycles. The van der Waals surface area contributed by atoms with Crippen LogP contribution in [0.1, 0.15) is 33.6 Å². The van der Waals surface area contributed by atoms with Crippen molar-refractivity contribution in [1.29, 1.82) is 0 Å². The number of likely N-dealkylation sites (N-methyl/N-ethyl adjacent to an activating group) is 1. The minimum atomic E-state index is 0.250. The normalized spacial score (nSPS) is 19.3. The van der Waals surface area contributed by atoms with Crippen LogP contribution in [0.25, 0.3) is 0 Å². The number of aliphatic hydroxyl groups excluding tert-OH is 1. The molecule has 4 nitrogen and oxygen atoms in total. The van der Waals surface area contributed by atoms with Crippen LogP contribution in [0.15, 0.2) is 0 Å². The summed E-state index contributed by atoms with van der Waals surface area (Å²) in [5, 5.41) is 12.8. The van der Waals surface area contributed by atoms with Crippen molar-refractivity contribution in [3.05, 3.63) is 0 Å². The van der Waals surface area contributed by atoms with E-state index >= 15 is 0 Å². The van der Waals surface area contributed by atoms with E-state index in [1.807, 2.05) is 0 Å². The Bertz CT molecular complexity index is 228. The second kappa shape index (κ2) is 8.90. The molecule has 19 heavy (non-hydrogen) atoms. The zero-order valence-electron chi connectivity index (χ0n) is 13.0. The molecule has 0 spiro atoms. The molecule has 1 aliphatic rings. The summed E-state index contributed by atoms with van der Waals surface area (Å²) >= 11 is 0. The van der Waals surface area contributed by atoms with Gasteiger partial charge in [-0.15, -0.1) is 0 Å². The van der Waals surface area contributed by atoms with E-state index in [2.05, 4.69) is 31.0 Å². The van der Waals surface area contributed by atoms with E-state index in [-0.39, 0.29) is 6.61 Å². The van der Waals surface area contributed by atoms with Crippen molar-refractivity contribution in [3.8, 4) is 0 Å². The van der Waals surface area contributed by atoms with Crippen LogP contribution >= 0.6 is 0 Å². The molecular formula is C15H32N2O2. The number of nitrogens with zero attached hydrogens (tertiary/aromatic N) is 1. The molecule has 0 radical (unpaired) electrons. The molecule has 1 saturated heterocycles. The van der Waals surface area contributed by atoms with E-state index in [1.165, 1.54) is 0 Å². The van der Waals surface area contributed by atoms with Gasteiger partial charge in [-0.05, 0) is 37.3 Å². The fourth-order valence-corrected chi connectivity index (χ4v) is 2.79. The topological polar surface area (TPSA) is 44.7 Å². The Morgan fingerprint density at radius 1 is 1.32 bits per heavy atom. The summed E-state index contributed by atoms with van der Waals surface area (Å²) < 4.78 is 5.53. The fraction of sp³-hybridized carbons (Fsp3) is 1.00. The van der Waals surface area contributed by atoms with E-state index < -0.39 is 0 Å². The van der Waals surface area contributed by atoms with Gasteiger partial charge < -0.3 is 20.1 Å². The summed E-state index contributed by atoms with van der Waals surface area (Å²) in [5.74, 6) is 0.691. The summed E-state index contributed by atoms with van der Waals surface area (Å²) in [4.78, 5) is 2.36. The molecular weight excluding hydrogens is 240 g/mol. The number of aliphatic hydroxyl groups is 1. The van der Waals surface area contributed by atoms with Crippen LogP contribution in [0.5, 0.6) is 0 Å². The Kier molecular flexibility index (Phi) is 7.91. The highest BCUT2D eigenvalue weighted by Gasteiger charge is 2.33. The van der Waals surface area contributed by atoms with E-state index in [4.69, 9.17) is 9.84 Å². The van der Waals surface area contributed by atoms with Crippen molar-refractivity contribution >= 4 is 0 Å². The number of hydrogen-bond donors (Lipinski definition) is 2. The highest BCUT2D eigenvalue weighted by Crippen LogP contribution is 2.31. The minimum Gasteiger partial charge on any atom is -0.395 e. The maximum atomic E-state index is 9.15. The van der Waals surface area contributed by atoms with E-state index in [0.29, 0.717) is 11.3 Å². The molecule has 0 atom stereocenters. The molecule has 0 amide bonds. The first-order chi connectivity index (χ1) is 9.12. The smallest absolute Gasteiger partial charge is 0.0558 e. The van der Waals surface area contributed by atoms with Crippen molar-refractivity contribution in [3.63, 3.8) is 0 Å². The second-order valence-corrected chi connectivity index (χ2v) is 6.23. The molecule has 1 rings (SSSR count). The molecule has 0 bridgehead atoms.